The quantitative estimate of drug-likeness (QED) is 0.489. The molecule has 4 heterocycles. The van der Waals surface area contributed by atoms with Gasteiger partial charge in [0.2, 0.25) is 0 Å². The average molecular weight is 501 g/mol. The lowest BCUT2D eigenvalue weighted by molar-refractivity contribution is 0.0958. The Hall–Kier alpha value is -3.11. The molecule has 2 aliphatic heterocycles. The molecule has 178 valence electrons. The van der Waals surface area contributed by atoms with Gasteiger partial charge in [-0.15, -0.1) is 11.3 Å². The summed E-state index contributed by atoms with van der Waals surface area (Å²) in [6, 6.07) is 5.93. The molecular weight excluding hydrogens is 476 g/mol. The van der Waals surface area contributed by atoms with Gasteiger partial charge in [0, 0.05) is 25.8 Å². The summed E-state index contributed by atoms with van der Waals surface area (Å²) in [7, 11) is 0. The Morgan fingerprint density at radius 2 is 2.03 bits per heavy atom. The summed E-state index contributed by atoms with van der Waals surface area (Å²) in [6.45, 7) is 3.58. The van der Waals surface area contributed by atoms with Gasteiger partial charge in [-0.25, -0.2) is 14.8 Å². The number of thiophene rings is 1. The number of hydrogen-bond donors (Lipinski definition) is 3. The van der Waals surface area contributed by atoms with Crippen molar-refractivity contribution in [1.82, 2.24) is 20.2 Å². The highest BCUT2D eigenvalue weighted by Gasteiger charge is 2.43. The molecule has 11 heteroatoms. The zero-order valence-corrected chi connectivity index (χ0v) is 20.2. The van der Waals surface area contributed by atoms with Crippen LogP contribution >= 0.6 is 22.9 Å². The van der Waals surface area contributed by atoms with Gasteiger partial charge in [0.05, 0.1) is 34.2 Å². The van der Waals surface area contributed by atoms with E-state index in [9.17, 15) is 14.7 Å². The minimum Gasteiger partial charge on any atom is -0.465 e. The van der Waals surface area contributed by atoms with Crippen molar-refractivity contribution in [3.05, 3.63) is 45.6 Å². The van der Waals surface area contributed by atoms with Crippen molar-refractivity contribution in [3.8, 4) is 0 Å². The van der Waals surface area contributed by atoms with E-state index in [0.29, 0.717) is 52.0 Å². The van der Waals surface area contributed by atoms with E-state index in [2.05, 4.69) is 20.2 Å². The second-order valence-corrected chi connectivity index (χ2v) is 10.2. The fourth-order valence-electron chi connectivity index (χ4n) is 4.91. The second-order valence-electron chi connectivity index (χ2n) is 8.78. The van der Waals surface area contributed by atoms with E-state index in [-0.39, 0.29) is 18.0 Å². The van der Waals surface area contributed by atoms with E-state index >= 15 is 0 Å². The zero-order valence-electron chi connectivity index (χ0n) is 18.6. The van der Waals surface area contributed by atoms with E-state index in [1.807, 2.05) is 25.1 Å². The van der Waals surface area contributed by atoms with Gasteiger partial charge in [0.1, 0.15) is 15.2 Å². The van der Waals surface area contributed by atoms with Gasteiger partial charge in [-0.2, -0.15) is 0 Å². The first kappa shape index (κ1) is 22.7. The maximum absolute atomic E-state index is 12.7. The van der Waals surface area contributed by atoms with Crippen LogP contribution in [0.2, 0.25) is 5.02 Å². The molecule has 3 aromatic rings. The smallest absolute Gasteiger partial charge is 0.407 e. The van der Waals surface area contributed by atoms with Crippen LogP contribution in [0.25, 0.3) is 10.3 Å². The van der Waals surface area contributed by atoms with E-state index in [1.165, 1.54) is 11.3 Å². The molecule has 2 aliphatic rings. The number of fused-ring (bicyclic) bond motifs is 3. The predicted octanol–water partition coefficient (Wildman–Crippen LogP) is 3.54. The van der Waals surface area contributed by atoms with Gasteiger partial charge < -0.3 is 21.1 Å². The number of piperazine rings is 1. The number of aryl methyl sites for hydroxylation is 1. The third-order valence-corrected chi connectivity index (χ3v) is 7.91. The summed E-state index contributed by atoms with van der Waals surface area (Å²) in [5.74, 6) is -0.241. The SMILES string of the molecule is Cc1cnc2c(N)c(C(=O)NCCc3ccc(N4CC5CCC(C4)N5C(=O)O)c(Cl)c3)sc2n1. The molecule has 0 aliphatic carbocycles. The Balaban J connectivity index is 1.20. The third kappa shape index (κ3) is 4.12. The van der Waals surface area contributed by atoms with Gasteiger partial charge in [0.25, 0.3) is 5.91 Å². The number of benzene rings is 1. The molecule has 34 heavy (non-hydrogen) atoms. The van der Waals surface area contributed by atoms with Crippen LogP contribution in [-0.4, -0.2) is 63.7 Å². The number of carbonyl (C=O) groups is 2. The van der Waals surface area contributed by atoms with Crippen LogP contribution in [0.1, 0.15) is 33.8 Å². The minimum absolute atomic E-state index is 0.0119. The van der Waals surface area contributed by atoms with Crippen LogP contribution in [0.5, 0.6) is 0 Å². The summed E-state index contributed by atoms with van der Waals surface area (Å²) in [5, 5.41) is 13.0. The maximum atomic E-state index is 12.7. The Kier molecular flexibility index (Phi) is 5.95. The average Bonchev–Trinajstić information content (AvgIpc) is 3.26. The number of carboxylic acid groups (broad SMARTS) is 1. The normalized spacial score (nSPS) is 19.6. The first-order valence-electron chi connectivity index (χ1n) is 11.2. The summed E-state index contributed by atoms with van der Waals surface area (Å²) in [5.41, 5.74) is 9.73. The first-order valence-corrected chi connectivity index (χ1v) is 12.4. The highest BCUT2D eigenvalue weighted by molar-refractivity contribution is 7.21. The molecular formula is C23H25ClN6O3S. The zero-order chi connectivity index (χ0) is 24.0. The number of halogens is 1. The number of aromatic nitrogens is 2. The number of nitrogens with zero attached hydrogens (tertiary/aromatic N) is 4. The van der Waals surface area contributed by atoms with Crippen LogP contribution in [0.4, 0.5) is 16.2 Å². The number of amides is 2. The molecule has 0 saturated carbocycles. The van der Waals surface area contributed by atoms with E-state index in [1.54, 1.807) is 11.1 Å². The Morgan fingerprint density at radius 1 is 1.29 bits per heavy atom. The van der Waals surface area contributed by atoms with Crippen molar-refractivity contribution < 1.29 is 14.7 Å². The highest BCUT2D eigenvalue weighted by atomic mass is 35.5. The van der Waals surface area contributed by atoms with Crippen LogP contribution in [0, 0.1) is 6.92 Å². The highest BCUT2D eigenvalue weighted by Crippen LogP contribution is 2.36. The van der Waals surface area contributed by atoms with Crippen LogP contribution in [0.15, 0.2) is 24.4 Å². The second kappa shape index (κ2) is 8.92. The number of nitrogens with one attached hydrogen (secondary N) is 1. The minimum atomic E-state index is -0.837. The molecule has 0 radical (unpaired) electrons. The Labute approximate surface area is 205 Å². The topological polar surface area (TPSA) is 125 Å². The summed E-state index contributed by atoms with van der Waals surface area (Å²) in [6.07, 6.45) is 3.19. The summed E-state index contributed by atoms with van der Waals surface area (Å²) < 4.78 is 0. The van der Waals surface area contributed by atoms with Gasteiger partial charge in [-0.1, -0.05) is 17.7 Å². The molecule has 0 spiro atoms. The molecule has 2 atom stereocenters. The molecule has 9 nitrogen and oxygen atoms in total. The van der Waals surface area contributed by atoms with Crippen molar-refractivity contribution >= 4 is 56.7 Å². The Bertz CT molecular complexity index is 1270. The molecule has 2 bridgehead atoms. The summed E-state index contributed by atoms with van der Waals surface area (Å²) in [4.78, 5) is 37.7. The third-order valence-electron chi connectivity index (χ3n) is 6.52. The number of rotatable bonds is 5. The van der Waals surface area contributed by atoms with E-state index in [4.69, 9.17) is 17.3 Å². The predicted molar refractivity (Wildman–Crippen MR) is 133 cm³/mol. The van der Waals surface area contributed by atoms with Crippen molar-refractivity contribution in [3.63, 3.8) is 0 Å². The molecule has 2 amide bonds. The molecule has 4 N–H and O–H groups in total. The first-order chi connectivity index (χ1) is 16.3. The fourth-order valence-corrected chi connectivity index (χ4v) is 6.25. The number of nitrogen functional groups attached to an aromatic ring is 1. The van der Waals surface area contributed by atoms with Crippen molar-refractivity contribution in [2.75, 3.05) is 30.3 Å². The van der Waals surface area contributed by atoms with Crippen LogP contribution in [-0.2, 0) is 6.42 Å². The monoisotopic (exact) mass is 500 g/mol. The number of hydrogen-bond acceptors (Lipinski definition) is 7. The van der Waals surface area contributed by atoms with Gasteiger partial charge in [-0.05, 0) is 43.9 Å². The van der Waals surface area contributed by atoms with Crippen molar-refractivity contribution in [2.24, 2.45) is 0 Å². The standard InChI is InChI=1S/C23H25ClN6O3S/c1-12-9-27-19-18(25)20(34-22(19)28-12)21(31)26-7-6-13-2-5-17(16(24)8-13)29-10-14-3-4-15(11-29)30(14)23(32)33/h2,5,8-9,14-15H,3-4,6-7,10-11,25H2,1H3,(H,26,31)(H,32,33). The molecule has 1 aromatic carbocycles. The van der Waals surface area contributed by atoms with E-state index in [0.717, 1.165) is 29.8 Å². The fraction of sp³-hybridized carbons (Fsp3) is 0.391. The maximum Gasteiger partial charge on any atom is 0.407 e. The van der Waals surface area contributed by atoms with E-state index < -0.39 is 6.09 Å². The lowest BCUT2D eigenvalue weighted by atomic mass is 10.1. The van der Waals surface area contributed by atoms with Crippen LogP contribution < -0.4 is 16.0 Å². The summed E-state index contributed by atoms with van der Waals surface area (Å²) >= 11 is 7.85. The molecule has 2 saturated heterocycles. The van der Waals surface area contributed by atoms with Crippen molar-refractivity contribution in [1.29, 1.82) is 0 Å². The number of anilines is 2. The number of carbonyl (C=O) groups excluding carboxylic acids is 1. The molecule has 2 aromatic heterocycles. The largest absolute Gasteiger partial charge is 0.465 e. The lowest BCUT2D eigenvalue weighted by Crippen LogP contribution is -2.55. The molecule has 5 rings (SSSR count). The van der Waals surface area contributed by atoms with Gasteiger partial charge >= 0.3 is 6.09 Å². The number of nitrogens with two attached hydrogens (primary N) is 1. The lowest BCUT2D eigenvalue weighted by Gasteiger charge is -2.41. The van der Waals surface area contributed by atoms with Gasteiger partial charge in [0.15, 0.2) is 0 Å². The van der Waals surface area contributed by atoms with Gasteiger partial charge in [-0.3, -0.25) is 9.69 Å². The van der Waals surface area contributed by atoms with Crippen LogP contribution in [0.3, 0.4) is 0 Å². The molecule has 2 unspecified atom stereocenters. The molecule has 2 fully saturated rings. The van der Waals surface area contributed by atoms with Crippen molar-refractivity contribution in [2.45, 2.75) is 38.3 Å². The Morgan fingerprint density at radius 3 is 2.71 bits per heavy atom.